The van der Waals surface area contributed by atoms with Crippen molar-refractivity contribution in [1.29, 1.82) is 0 Å². The molecule has 0 saturated carbocycles. The molecule has 0 amide bonds. The summed E-state index contributed by atoms with van der Waals surface area (Å²) in [6, 6.07) is 12.1. The van der Waals surface area contributed by atoms with Crippen LogP contribution in [0.2, 0.25) is 5.02 Å². The number of nitrogens with one attached hydrogen (secondary N) is 1. The minimum atomic E-state index is 0.404. The highest BCUT2D eigenvalue weighted by Gasteiger charge is 2.04. The summed E-state index contributed by atoms with van der Waals surface area (Å²) < 4.78 is 5.30. The van der Waals surface area contributed by atoms with E-state index < -0.39 is 0 Å². The van der Waals surface area contributed by atoms with Crippen LogP contribution in [0, 0.1) is 0 Å². The lowest BCUT2D eigenvalue weighted by molar-refractivity contribution is 0.495. The van der Waals surface area contributed by atoms with Crippen LogP contribution in [-0.2, 0) is 6.42 Å². The first-order chi connectivity index (χ1) is 8.24. The summed E-state index contributed by atoms with van der Waals surface area (Å²) in [4.78, 5) is 0. The van der Waals surface area contributed by atoms with E-state index in [1.165, 1.54) is 0 Å². The van der Waals surface area contributed by atoms with Gasteiger partial charge < -0.3 is 9.73 Å². The topological polar surface area (TPSA) is 25.2 Å². The molecule has 0 saturated heterocycles. The highest BCUT2D eigenvalue weighted by molar-refractivity contribution is 6.30. The van der Waals surface area contributed by atoms with Gasteiger partial charge in [-0.3, -0.25) is 0 Å². The zero-order chi connectivity index (χ0) is 12.1. The van der Waals surface area contributed by atoms with Crippen molar-refractivity contribution < 1.29 is 4.42 Å². The molecule has 3 heteroatoms. The Morgan fingerprint density at radius 1 is 1.24 bits per heavy atom. The summed E-state index contributed by atoms with van der Waals surface area (Å²) >= 11 is 5.84. The van der Waals surface area contributed by atoms with Crippen LogP contribution in [0.4, 0.5) is 5.69 Å². The van der Waals surface area contributed by atoms with Gasteiger partial charge in [0.15, 0.2) is 0 Å². The number of anilines is 1. The number of hydrogen-bond donors (Lipinski definition) is 1. The number of aryl methyl sites for hydroxylation is 1. The predicted molar refractivity (Wildman–Crippen MR) is 71.6 cm³/mol. The fraction of sp³-hybridized carbons (Fsp3) is 0.286. The molecular weight excluding hydrogens is 234 g/mol. The molecule has 0 radical (unpaired) electrons. The lowest BCUT2D eigenvalue weighted by Crippen LogP contribution is -2.15. The molecule has 2 aromatic rings. The lowest BCUT2D eigenvalue weighted by Gasteiger charge is -2.14. The summed E-state index contributed by atoms with van der Waals surface area (Å²) in [7, 11) is 0. The van der Waals surface area contributed by atoms with Gasteiger partial charge in [0, 0.05) is 23.2 Å². The lowest BCUT2D eigenvalue weighted by atomic mass is 10.1. The van der Waals surface area contributed by atoms with Gasteiger partial charge in [-0.1, -0.05) is 11.6 Å². The average Bonchev–Trinajstić information content (AvgIpc) is 2.83. The van der Waals surface area contributed by atoms with Gasteiger partial charge in [-0.05, 0) is 49.7 Å². The van der Waals surface area contributed by atoms with Gasteiger partial charge in [0.1, 0.15) is 5.76 Å². The molecule has 1 N–H and O–H groups in total. The van der Waals surface area contributed by atoms with E-state index in [1.807, 2.05) is 36.4 Å². The van der Waals surface area contributed by atoms with Crippen molar-refractivity contribution in [3.8, 4) is 0 Å². The van der Waals surface area contributed by atoms with Gasteiger partial charge in [-0.15, -0.1) is 0 Å². The molecule has 90 valence electrons. The van der Waals surface area contributed by atoms with Crippen molar-refractivity contribution in [2.75, 3.05) is 5.32 Å². The van der Waals surface area contributed by atoms with Crippen LogP contribution in [0.5, 0.6) is 0 Å². The summed E-state index contributed by atoms with van der Waals surface area (Å²) in [5.41, 5.74) is 1.10. The SMILES string of the molecule is CC(CCc1ccco1)Nc1ccc(Cl)cc1. The summed E-state index contributed by atoms with van der Waals surface area (Å²) in [5.74, 6) is 1.04. The third kappa shape index (κ3) is 3.82. The van der Waals surface area contributed by atoms with Gasteiger partial charge in [0.2, 0.25) is 0 Å². The number of halogens is 1. The van der Waals surface area contributed by atoms with Crippen molar-refractivity contribution in [2.45, 2.75) is 25.8 Å². The number of rotatable bonds is 5. The minimum Gasteiger partial charge on any atom is -0.469 e. The summed E-state index contributed by atoms with van der Waals surface area (Å²) in [6.07, 6.45) is 3.71. The second-order valence-corrected chi connectivity index (χ2v) is 4.61. The number of benzene rings is 1. The van der Waals surface area contributed by atoms with Gasteiger partial charge in [0.25, 0.3) is 0 Å². The van der Waals surface area contributed by atoms with E-state index in [2.05, 4.69) is 12.2 Å². The molecule has 1 unspecified atom stereocenters. The Kier molecular flexibility index (Phi) is 4.10. The van der Waals surface area contributed by atoms with E-state index >= 15 is 0 Å². The van der Waals surface area contributed by atoms with Crippen LogP contribution < -0.4 is 5.32 Å². The monoisotopic (exact) mass is 249 g/mol. The van der Waals surface area contributed by atoms with Crippen molar-refractivity contribution >= 4 is 17.3 Å². The molecule has 1 aromatic carbocycles. The van der Waals surface area contributed by atoms with Gasteiger partial charge in [-0.2, -0.15) is 0 Å². The highest BCUT2D eigenvalue weighted by Crippen LogP contribution is 2.15. The largest absolute Gasteiger partial charge is 0.469 e. The zero-order valence-electron chi connectivity index (χ0n) is 9.82. The van der Waals surface area contributed by atoms with E-state index in [0.717, 1.165) is 29.3 Å². The van der Waals surface area contributed by atoms with Crippen LogP contribution in [0.15, 0.2) is 47.1 Å². The maximum absolute atomic E-state index is 5.84. The van der Waals surface area contributed by atoms with Crippen molar-refractivity contribution in [3.63, 3.8) is 0 Å². The Hall–Kier alpha value is -1.41. The maximum atomic E-state index is 5.84. The maximum Gasteiger partial charge on any atom is 0.103 e. The molecule has 0 aliphatic heterocycles. The first-order valence-electron chi connectivity index (χ1n) is 5.78. The zero-order valence-corrected chi connectivity index (χ0v) is 10.6. The standard InChI is InChI=1S/C14H16ClNO/c1-11(4-9-14-3-2-10-17-14)16-13-7-5-12(15)6-8-13/h2-3,5-8,10-11,16H,4,9H2,1H3. The molecule has 1 atom stereocenters. The molecule has 0 aliphatic carbocycles. The van der Waals surface area contributed by atoms with Gasteiger partial charge in [0.05, 0.1) is 6.26 Å². The molecule has 2 rings (SSSR count). The fourth-order valence-corrected chi connectivity index (χ4v) is 1.84. The molecule has 17 heavy (non-hydrogen) atoms. The van der Waals surface area contributed by atoms with Gasteiger partial charge >= 0.3 is 0 Å². The Labute approximate surface area is 107 Å². The third-order valence-electron chi connectivity index (χ3n) is 2.66. The molecule has 2 nitrogen and oxygen atoms in total. The van der Waals surface area contributed by atoms with Crippen molar-refractivity contribution in [1.82, 2.24) is 0 Å². The van der Waals surface area contributed by atoms with Crippen LogP contribution in [0.25, 0.3) is 0 Å². The van der Waals surface area contributed by atoms with Crippen molar-refractivity contribution in [3.05, 3.63) is 53.4 Å². The second kappa shape index (κ2) is 5.78. The first kappa shape index (κ1) is 12.1. The van der Waals surface area contributed by atoms with E-state index in [9.17, 15) is 0 Å². The smallest absolute Gasteiger partial charge is 0.103 e. The fourth-order valence-electron chi connectivity index (χ4n) is 1.72. The summed E-state index contributed by atoms with van der Waals surface area (Å²) in [6.45, 7) is 2.16. The molecule has 1 aromatic heterocycles. The Bertz CT molecular complexity index is 436. The number of hydrogen-bond acceptors (Lipinski definition) is 2. The molecule has 0 fully saturated rings. The van der Waals surface area contributed by atoms with Crippen LogP contribution in [0.1, 0.15) is 19.1 Å². The molecule has 0 aliphatic rings. The van der Waals surface area contributed by atoms with Crippen LogP contribution in [0.3, 0.4) is 0 Å². The predicted octanol–water partition coefficient (Wildman–Crippen LogP) is 4.37. The van der Waals surface area contributed by atoms with E-state index in [0.29, 0.717) is 6.04 Å². The molecule has 0 bridgehead atoms. The van der Waals surface area contributed by atoms with E-state index in [4.69, 9.17) is 16.0 Å². The Morgan fingerprint density at radius 2 is 2.00 bits per heavy atom. The normalized spacial score (nSPS) is 12.4. The second-order valence-electron chi connectivity index (χ2n) is 4.17. The summed E-state index contributed by atoms with van der Waals surface area (Å²) in [5, 5.41) is 4.19. The van der Waals surface area contributed by atoms with E-state index in [-0.39, 0.29) is 0 Å². The Morgan fingerprint density at radius 3 is 2.65 bits per heavy atom. The molecular formula is C14H16ClNO. The average molecular weight is 250 g/mol. The Balaban J connectivity index is 1.80. The van der Waals surface area contributed by atoms with Crippen LogP contribution in [-0.4, -0.2) is 6.04 Å². The third-order valence-corrected chi connectivity index (χ3v) is 2.91. The molecule has 1 heterocycles. The molecule has 0 spiro atoms. The highest BCUT2D eigenvalue weighted by atomic mass is 35.5. The van der Waals surface area contributed by atoms with Crippen LogP contribution >= 0.6 is 11.6 Å². The van der Waals surface area contributed by atoms with Gasteiger partial charge in [-0.25, -0.2) is 0 Å². The number of furan rings is 1. The quantitative estimate of drug-likeness (QED) is 0.851. The first-order valence-corrected chi connectivity index (χ1v) is 6.16. The minimum absolute atomic E-state index is 0.404. The van der Waals surface area contributed by atoms with E-state index in [1.54, 1.807) is 6.26 Å². The van der Waals surface area contributed by atoms with Crippen molar-refractivity contribution in [2.24, 2.45) is 0 Å².